The van der Waals surface area contributed by atoms with Crippen LogP contribution in [0.25, 0.3) is 0 Å². The molecule has 0 aliphatic heterocycles. The molecule has 0 spiro atoms. The van der Waals surface area contributed by atoms with Gasteiger partial charge < -0.3 is 5.32 Å². The number of hydrogen-bond acceptors (Lipinski definition) is 4. The molecule has 114 valence electrons. The Kier molecular flexibility index (Phi) is 4.77. The summed E-state index contributed by atoms with van der Waals surface area (Å²) in [5.41, 5.74) is 2.80. The van der Waals surface area contributed by atoms with E-state index in [-0.39, 0.29) is 11.9 Å². The summed E-state index contributed by atoms with van der Waals surface area (Å²) < 4.78 is 0. The van der Waals surface area contributed by atoms with Gasteiger partial charge in [0.25, 0.3) is 5.91 Å². The first-order valence-corrected chi connectivity index (χ1v) is 7.97. The van der Waals surface area contributed by atoms with E-state index in [0.717, 1.165) is 22.1 Å². The van der Waals surface area contributed by atoms with E-state index in [1.165, 1.54) is 11.3 Å². The number of aromatic nitrogens is 3. The Morgan fingerprint density at radius 2 is 2.10 bits per heavy atom. The maximum absolute atomic E-state index is 12.3. The molecule has 6 heteroatoms. The lowest BCUT2D eigenvalue weighted by Crippen LogP contribution is -2.34. The summed E-state index contributed by atoms with van der Waals surface area (Å²) >= 11 is 1.48. The van der Waals surface area contributed by atoms with Crippen molar-refractivity contribution in [3.8, 4) is 0 Å². The van der Waals surface area contributed by atoms with E-state index in [2.05, 4.69) is 34.3 Å². The number of aromatic amines is 1. The zero-order valence-electron chi connectivity index (χ0n) is 13.2. The van der Waals surface area contributed by atoms with Crippen molar-refractivity contribution < 1.29 is 4.79 Å². The normalized spacial score (nSPS) is 12.7. The summed E-state index contributed by atoms with van der Waals surface area (Å²) in [5.74, 6) is 0.302. The van der Waals surface area contributed by atoms with Crippen molar-refractivity contribution in [3.63, 3.8) is 0 Å². The van der Waals surface area contributed by atoms with Gasteiger partial charge in [0.15, 0.2) is 0 Å². The predicted molar refractivity (Wildman–Crippen MR) is 84.9 cm³/mol. The molecular formula is C15H22N4OS. The number of carbonyl (C=O) groups excluding carboxylic acids is 1. The van der Waals surface area contributed by atoms with Crippen molar-refractivity contribution in [2.45, 2.75) is 53.0 Å². The molecule has 2 rings (SSSR count). The lowest BCUT2D eigenvalue weighted by molar-refractivity contribution is 0.0943. The van der Waals surface area contributed by atoms with Crippen molar-refractivity contribution in [1.29, 1.82) is 0 Å². The molecule has 1 unspecified atom stereocenters. The van der Waals surface area contributed by atoms with Gasteiger partial charge in [-0.15, -0.1) is 11.3 Å². The van der Waals surface area contributed by atoms with Gasteiger partial charge in [0.05, 0.1) is 16.4 Å². The minimum atomic E-state index is -0.0448. The first-order valence-electron chi connectivity index (χ1n) is 7.16. The van der Waals surface area contributed by atoms with Crippen LogP contribution in [0.1, 0.15) is 58.5 Å². The van der Waals surface area contributed by atoms with Crippen LogP contribution in [-0.4, -0.2) is 27.1 Å². The van der Waals surface area contributed by atoms with Crippen LogP contribution in [0.15, 0.2) is 6.07 Å². The van der Waals surface area contributed by atoms with E-state index >= 15 is 0 Å². The SMILES string of the molecule is Cc1cc(CC(C)NC(=O)c2sc(C(C)C)nc2C)n[nH]1. The van der Waals surface area contributed by atoms with Crippen LogP contribution < -0.4 is 5.32 Å². The quantitative estimate of drug-likeness (QED) is 0.892. The van der Waals surface area contributed by atoms with Crippen molar-refractivity contribution in [2.24, 2.45) is 0 Å². The van der Waals surface area contributed by atoms with Crippen LogP contribution in [0, 0.1) is 13.8 Å². The molecule has 1 atom stereocenters. The van der Waals surface area contributed by atoms with Crippen LogP contribution in [-0.2, 0) is 6.42 Å². The molecular weight excluding hydrogens is 284 g/mol. The highest BCUT2D eigenvalue weighted by atomic mass is 32.1. The van der Waals surface area contributed by atoms with Crippen LogP contribution >= 0.6 is 11.3 Å². The standard InChI is InChI=1S/C15H22N4OS/c1-8(2)15-17-11(5)13(21-15)14(20)16-9(3)6-12-7-10(4)18-19-12/h7-9H,6H2,1-5H3,(H,16,20)(H,18,19). The number of H-pyrrole nitrogens is 1. The Bertz CT molecular complexity index is 629. The predicted octanol–water partition coefficient (Wildman–Crippen LogP) is 2.97. The molecule has 5 nitrogen and oxygen atoms in total. The molecule has 2 heterocycles. The number of aryl methyl sites for hydroxylation is 2. The lowest BCUT2D eigenvalue weighted by Gasteiger charge is -2.11. The smallest absolute Gasteiger partial charge is 0.263 e. The number of nitrogens with zero attached hydrogens (tertiary/aromatic N) is 2. The maximum Gasteiger partial charge on any atom is 0.263 e. The molecule has 0 aliphatic rings. The molecule has 2 aromatic rings. The van der Waals surface area contributed by atoms with Gasteiger partial charge in [0, 0.05) is 24.1 Å². The van der Waals surface area contributed by atoms with Gasteiger partial charge in [-0.3, -0.25) is 9.89 Å². The maximum atomic E-state index is 12.3. The van der Waals surface area contributed by atoms with Crippen molar-refractivity contribution >= 4 is 17.2 Å². The fourth-order valence-corrected chi connectivity index (χ4v) is 3.08. The molecule has 0 aliphatic carbocycles. The summed E-state index contributed by atoms with van der Waals surface area (Å²) in [6, 6.07) is 2.03. The van der Waals surface area contributed by atoms with E-state index in [0.29, 0.717) is 17.2 Å². The summed E-state index contributed by atoms with van der Waals surface area (Å²) in [5, 5.41) is 11.1. The van der Waals surface area contributed by atoms with E-state index in [1.807, 2.05) is 26.8 Å². The Morgan fingerprint density at radius 3 is 2.62 bits per heavy atom. The Balaban J connectivity index is 2.00. The summed E-state index contributed by atoms with van der Waals surface area (Å²) in [4.78, 5) is 17.5. The van der Waals surface area contributed by atoms with E-state index in [1.54, 1.807) is 0 Å². The van der Waals surface area contributed by atoms with Crippen LogP contribution in [0.4, 0.5) is 0 Å². The van der Waals surface area contributed by atoms with Gasteiger partial charge in [0.2, 0.25) is 0 Å². The summed E-state index contributed by atoms with van der Waals surface area (Å²) in [7, 11) is 0. The highest BCUT2D eigenvalue weighted by Crippen LogP contribution is 2.24. The fourth-order valence-electron chi connectivity index (χ4n) is 2.11. The van der Waals surface area contributed by atoms with Gasteiger partial charge >= 0.3 is 0 Å². The molecule has 0 fully saturated rings. The number of nitrogens with one attached hydrogen (secondary N) is 2. The Labute approximate surface area is 129 Å². The highest BCUT2D eigenvalue weighted by Gasteiger charge is 2.18. The van der Waals surface area contributed by atoms with Crippen molar-refractivity contribution in [2.75, 3.05) is 0 Å². The summed E-state index contributed by atoms with van der Waals surface area (Å²) in [6.45, 7) is 10.0. The molecule has 0 aromatic carbocycles. The van der Waals surface area contributed by atoms with Crippen LogP contribution in [0.5, 0.6) is 0 Å². The molecule has 0 saturated heterocycles. The Morgan fingerprint density at radius 1 is 1.38 bits per heavy atom. The second kappa shape index (κ2) is 6.39. The van der Waals surface area contributed by atoms with E-state index < -0.39 is 0 Å². The van der Waals surface area contributed by atoms with Gasteiger partial charge in [-0.1, -0.05) is 13.8 Å². The largest absolute Gasteiger partial charge is 0.348 e. The molecule has 0 bridgehead atoms. The Hall–Kier alpha value is -1.69. The molecule has 21 heavy (non-hydrogen) atoms. The summed E-state index contributed by atoms with van der Waals surface area (Å²) in [6.07, 6.45) is 0.713. The third kappa shape index (κ3) is 3.91. The second-order valence-corrected chi connectivity index (χ2v) is 6.77. The van der Waals surface area contributed by atoms with Crippen molar-refractivity contribution in [1.82, 2.24) is 20.5 Å². The number of carbonyl (C=O) groups is 1. The van der Waals surface area contributed by atoms with E-state index in [9.17, 15) is 4.79 Å². The zero-order chi connectivity index (χ0) is 15.6. The van der Waals surface area contributed by atoms with E-state index in [4.69, 9.17) is 0 Å². The van der Waals surface area contributed by atoms with Crippen molar-refractivity contribution in [3.05, 3.63) is 33.0 Å². The third-order valence-electron chi connectivity index (χ3n) is 3.17. The number of amides is 1. The third-order valence-corrected chi connectivity index (χ3v) is 4.62. The number of rotatable bonds is 5. The highest BCUT2D eigenvalue weighted by molar-refractivity contribution is 7.13. The van der Waals surface area contributed by atoms with Gasteiger partial charge in [0.1, 0.15) is 4.88 Å². The molecule has 2 aromatic heterocycles. The van der Waals surface area contributed by atoms with Gasteiger partial charge in [-0.2, -0.15) is 5.10 Å². The van der Waals surface area contributed by atoms with Gasteiger partial charge in [-0.25, -0.2) is 4.98 Å². The molecule has 1 amide bonds. The average molecular weight is 306 g/mol. The monoisotopic (exact) mass is 306 g/mol. The minimum Gasteiger partial charge on any atom is -0.348 e. The number of hydrogen-bond donors (Lipinski definition) is 2. The lowest BCUT2D eigenvalue weighted by atomic mass is 10.1. The first-order chi connectivity index (χ1) is 9.86. The van der Waals surface area contributed by atoms with Crippen LogP contribution in [0.2, 0.25) is 0 Å². The molecule has 0 radical (unpaired) electrons. The fraction of sp³-hybridized carbons (Fsp3) is 0.533. The molecule has 0 saturated carbocycles. The zero-order valence-corrected chi connectivity index (χ0v) is 14.0. The molecule has 2 N–H and O–H groups in total. The minimum absolute atomic E-state index is 0.0317. The average Bonchev–Trinajstić information content (AvgIpc) is 2.95. The van der Waals surface area contributed by atoms with Crippen LogP contribution in [0.3, 0.4) is 0 Å². The van der Waals surface area contributed by atoms with Gasteiger partial charge in [-0.05, 0) is 26.8 Å². The topological polar surface area (TPSA) is 70.7 Å². The second-order valence-electron chi connectivity index (χ2n) is 5.74. The first kappa shape index (κ1) is 15.7. The number of thiazole rings is 1.